The molecule has 0 bridgehead atoms. The molecule has 0 amide bonds. The number of pyridine rings is 1. The maximum atomic E-state index is 5.99. The summed E-state index contributed by atoms with van der Waals surface area (Å²) >= 11 is 0. The largest absolute Gasteiger partial charge is 0.398 e. The van der Waals surface area contributed by atoms with Gasteiger partial charge >= 0.3 is 0 Å². The Morgan fingerprint density at radius 3 is 3.05 bits per heavy atom. The number of likely N-dealkylation sites (tertiary alicyclic amines) is 1. The summed E-state index contributed by atoms with van der Waals surface area (Å²) in [6, 6.07) is 6.04. The number of rotatable bonds is 3. The van der Waals surface area contributed by atoms with Crippen LogP contribution in [0, 0.1) is 5.92 Å². The van der Waals surface area contributed by atoms with Gasteiger partial charge in [0.15, 0.2) is 0 Å². The van der Waals surface area contributed by atoms with Gasteiger partial charge in [-0.1, -0.05) is 0 Å². The molecule has 4 nitrogen and oxygen atoms in total. The average molecular weight is 256 g/mol. The SMILES string of the molecule is CN1CCC(CNc2ccc(N)c3cnccc23)C1. The Bertz CT molecular complexity index is 581. The summed E-state index contributed by atoms with van der Waals surface area (Å²) in [5.41, 5.74) is 7.93. The van der Waals surface area contributed by atoms with Crippen molar-refractivity contribution in [3.05, 3.63) is 30.6 Å². The van der Waals surface area contributed by atoms with Crippen LogP contribution in [0.15, 0.2) is 30.6 Å². The molecule has 100 valence electrons. The number of nitrogen functional groups attached to an aromatic ring is 1. The van der Waals surface area contributed by atoms with Gasteiger partial charge in [0.2, 0.25) is 0 Å². The number of nitrogens with one attached hydrogen (secondary N) is 1. The summed E-state index contributed by atoms with van der Waals surface area (Å²) in [5, 5.41) is 5.75. The molecule has 0 aliphatic carbocycles. The second-order valence-corrected chi connectivity index (χ2v) is 5.42. The molecule has 1 fully saturated rings. The van der Waals surface area contributed by atoms with Gasteiger partial charge in [-0.2, -0.15) is 0 Å². The van der Waals surface area contributed by atoms with Crippen molar-refractivity contribution in [3.8, 4) is 0 Å². The Hall–Kier alpha value is -1.81. The van der Waals surface area contributed by atoms with Gasteiger partial charge in [-0.3, -0.25) is 4.98 Å². The monoisotopic (exact) mass is 256 g/mol. The molecule has 2 heterocycles. The van der Waals surface area contributed by atoms with Crippen LogP contribution in [0.3, 0.4) is 0 Å². The minimum absolute atomic E-state index is 0.736. The second-order valence-electron chi connectivity index (χ2n) is 5.42. The van der Waals surface area contributed by atoms with Crippen molar-refractivity contribution in [2.24, 2.45) is 5.92 Å². The Morgan fingerprint density at radius 2 is 2.26 bits per heavy atom. The van der Waals surface area contributed by atoms with E-state index in [2.05, 4.69) is 28.3 Å². The normalized spacial score (nSPS) is 19.9. The summed E-state index contributed by atoms with van der Waals surface area (Å²) in [7, 11) is 2.18. The number of nitrogens with zero attached hydrogens (tertiary/aromatic N) is 2. The molecule has 1 aliphatic heterocycles. The number of hydrogen-bond acceptors (Lipinski definition) is 4. The lowest BCUT2D eigenvalue weighted by atomic mass is 10.1. The molecule has 1 atom stereocenters. The van der Waals surface area contributed by atoms with Crippen molar-refractivity contribution in [1.29, 1.82) is 0 Å². The summed E-state index contributed by atoms with van der Waals surface area (Å²) in [4.78, 5) is 6.53. The van der Waals surface area contributed by atoms with Gasteiger partial charge in [0.05, 0.1) is 0 Å². The molecule has 0 spiro atoms. The Labute approximate surface area is 113 Å². The first kappa shape index (κ1) is 12.2. The fourth-order valence-corrected chi connectivity index (χ4v) is 2.81. The third-order valence-corrected chi connectivity index (χ3v) is 3.92. The van der Waals surface area contributed by atoms with Crippen molar-refractivity contribution in [1.82, 2.24) is 9.88 Å². The van der Waals surface area contributed by atoms with Crippen LogP contribution in [-0.4, -0.2) is 36.6 Å². The van der Waals surface area contributed by atoms with E-state index >= 15 is 0 Å². The zero-order valence-corrected chi connectivity index (χ0v) is 11.3. The summed E-state index contributed by atoms with van der Waals surface area (Å²) in [6.07, 6.45) is 4.92. The van der Waals surface area contributed by atoms with Gasteiger partial charge in [0.25, 0.3) is 0 Å². The number of fused-ring (bicyclic) bond motifs is 1. The third kappa shape index (κ3) is 2.49. The molecule has 1 unspecified atom stereocenters. The fraction of sp³-hybridized carbons (Fsp3) is 0.400. The van der Waals surface area contributed by atoms with Crippen molar-refractivity contribution in [3.63, 3.8) is 0 Å². The molecule has 3 N–H and O–H groups in total. The van der Waals surface area contributed by atoms with Crippen LogP contribution >= 0.6 is 0 Å². The van der Waals surface area contributed by atoms with Gasteiger partial charge in [-0.25, -0.2) is 0 Å². The molecule has 4 heteroatoms. The highest BCUT2D eigenvalue weighted by molar-refractivity contribution is 6.00. The molecule has 19 heavy (non-hydrogen) atoms. The predicted molar refractivity (Wildman–Crippen MR) is 80.2 cm³/mol. The lowest BCUT2D eigenvalue weighted by molar-refractivity contribution is 0.399. The first-order valence-electron chi connectivity index (χ1n) is 6.78. The van der Waals surface area contributed by atoms with Crippen molar-refractivity contribution in [2.45, 2.75) is 6.42 Å². The first-order valence-corrected chi connectivity index (χ1v) is 6.78. The van der Waals surface area contributed by atoms with E-state index in [1.807, 2.05) is 24.5 Å². The number of nitrogens with two attached hydrogens (primary N) is 1. The highest BCUT2D eigenvalue weighted by atomic mass is 15.1. The van der Waals surface area contributed by atoms with Crippen molar-refractivity contribution >= 4 is 22.1 Å². The molecular formula is C15H20N4. The summed E-state index contributed by atoms with van der Waals surface area (Å²) < 4.78 is 0. The lowest BCUT2D eigenvalue weighted by Crippen LogP contribution is -2.19. The van der Waals surface area contributed by atoms with Crippen LogP contribution < -0.4 is 11.1 Å². The maximum Gasteiger partial charge on any atom is 0.0422 e. The second kappa shape index (κ2) is 5.05. The summed E-state index contributed by atoms with van der Waals surface area (Å²) in [5.74, 6) is 0.736. The summed E-state index contributed by atoms with van der Waals surface area (Å²) in [6.45, 7) is 3.41. The van der Waals surface area contributed by atoms with Crippen LogP contribution in [0.2, 0.25) is 0 Å². The van der Waals surface area contributed by atoms with Crippen molar-refractivity contribution < 1.29 is 0 Å². The highest BCUT2D eigenvalue weighted by Crippen LogP contribution is 2.28. The Balaban J connectivity index is 1.79. The van der Waals surface area contributed by atoms with E-state index in [0.29, 0.717) is 0 Å². The van der Waals surface area contributed by atoms with Gasteiger partial charge in [-0.05, 0) is 44.1 Å². The van der Waals surface area contributed by atoms with Gasteiger partial charge in [-0.15, -0.1) is 0 Å². The topological polar surface area (TPSA) is 54.2 Å². The fourth-order valence-electron chi connectivity index (χ4n) is 2.81. The molecule has 1 saturated heterocycles. The third-order valence-electron chi connectivity index (χ3n) is 3.92. The molecule has 0 radical (unpaired) electrons. The van der Waals surface area contributed by atoms with E-state index in [4.69, 9.17) is 5.73 Å². The Kier molecular flexibility index (Phi) is 3.25. The molecule has 1 aromatic carbocycles. The van der Waals surface area contributed by atoms with Gasteiger partial charge < -0.3 is 16.0 Å². The lowest BCUT2D eigenvalue weighted by Gasteiger charge is -2.15. The van der Waals surface area contributed by atoms with Gasteiger partial charge in [0, 0.05) is 47.6 Å². The van der Waals surface area contributed by atoms with E-state index in [9.17, 15) is 0 Å². The minimum atomic E-state index is 0.736. The van der Waals surface area contributed by atoms with E-state index in [1.54, 1.807) is 0 Å². The molecular weight excluding hydrogens is 236 g/mol. The van der Waals surface area contributed by atoms with Crippen LogP contribution in [0.25, 0.3) is 10.8 Å². The maximum absolute atomic E-state index is 5.99. The Morgan fingerprint density at radius 1 is 1.37 bits per heavy atom. The number of benzene rings is 1. The molecule has 2 aromatic rings. The van der Waals surface area contributed by atoms with E-state index in [-0.39, 0.29) is 0 Å². The number of anilines is 2. The van der Waals surface area contributed by atoms with Crippen LogP contribution in [0.1, 0.15) is 6.42 Å². The van der Waals surface area contributed by atoms with Crippen LogP contribution in [-0.2, 0) is 0 Å². The average Bonchev–Trinajstić information content (AvgIpc) is 2.84. The molecule has 1 aromatic heterocycles. The molecule has 3 rings (SSSR count). The number of aromatic nitrogens is 1. The standard InChI is InChI=1S/C15H20N4/c1-19-7-5-11(10-19)8-18-15-3-2-14(16)13-9-17-6-4-12(13)15/h2-4,6,9,11,18H,5,7-8,10,16H2,1H3. The van der Waals surface area contributed by atoms with Crippen molar-refractivity contribution in [2.75, 3.05) is 37.7 Å². The first-order chi connectivity index (χ1) is 9.24. The molecule has 1 aliphatic rings. The van der Waals surface area contributed by atoms with E-state index < -0.39 is 0 Å². The van der Waals surface area contributed by atoms with E-state index in [1.165, 1.54) is 19.5 Å². The smallest absolute Gasteiger partial charge is 0.0422 e. The van der Waals surface area contributed by atoms with E-state index in [0.717, 1.165) is 34.6 Å². The van der Waals surface area contributed by atoms with Gasteiger partial charge in [0.1, 0.15) is 0 Å². The zero-order chi connectivity index (χ0) is 13.2. The molecule has 0 saturated carbocycles. The van der Waals surface area contributed by atoms with Crippen LogP contribution in [0.5, 0.6) is 0 Å². The predicted octanol–water partition coefficient (Wildman–Crippen LogP) is 2.18. The highest BCUT2D eigenvalue weighted by Gasteiger charge is 2.19. The quantitative estimate of drug-likeness (QED) is 0.827. The number of hydrogen-bond donors (Lipinski definition) is 2. The minimum Gasteiger partial charge on any atom is -0.398 e. The zero-order valence-electron chi connectivity index (χ0n) is 11.3. The van der Waals surface area contributed by atoms with Crippen LogP contribution in [0.4, 0.5) is 11.4 Å².